The Balaban J connectivity index is 2.78. The quantitative estimate of drug-likeness (QED) is 0.788. The molecule has 0 fully saturated rings. The summed E-state index contributed by atoms with van der Waals surface area (Å²) >= 11 is 0. The Morgan fingerprint density at radius 2 is 1.94 bits per heavy atom. The van der Waals surface area contributed by atoms with Crippen LogP contribution < -0.4 is 0 Å². The van der Waals surface area contributed by atoms with E-state index in [1.807, 2.05) is 0 Å². The summed E-state index contributed by atoms with van der Waals surface area (Å²) in [6.45, 7) is 5.00. The van der Waals surface area contributed by atoms with Gasteiger partial charge in [-0.1, -0.05) is 20.8 Å². The summed E-state index contributed by atoms with van der Waals surface area (Å²) in [5.74, 6) is -0.163. The Kier molecular flexibility index (Phi) is 3.12. The van der Waals surface area contributed by atoms with Crippen LogP contribution in [0.5, 0.6) is 0 Å². The molecule has 0 atom stereocenters. The summed E-state index contributed by atoms with van der Waals surface area (Å²) < 4.78 is 37.6. The Morgan fingerprint density at radius 3 is 2.31 bits per heavy atom. The molecule has 0 amide bonds. The molecule has 0 saturated carbocycles. The molecule has 0 bridgehead atoms. The molecule has 0 aromatic carbocycles. The minimum absolute atomic E-state index is 0.139. The second-order valence-electron chi connectivity index (χ2n) is 4.57. The molecule has 1 rings (SSSR count). The van der Waals surface area contributed by atoms with Crippen LogP contribution in [0, 0.1) is 5.41 Å². The number of hydrogen-bond acceptors (Lipinski definition) is 2. The molecule has 0 unspecified atom stereocenters. The van der Waals surface area contributed by atoms with Crippen LogP contribution in [-0.2, 0) is 17.5 Å². The van der Waals surface area contributed by atoms with Crippen molar-refractivity contribution in [3.63, 3.8) is 0 Å². The second-order valence-corrected chi connectivity index (χ2v) is 4.57. The minimum atomic E-state index is -4.46. The van der Waals surface area contributed by atoms with Crippen molar-refractivity contribution < 1.29 is 18.0 Å². The van der Waals surface area contributed by atoms with E-state index < -0.39 is 17.3 Å². The predicted molar refractivity (Wildman–Crippen MR) is 51.7 cm³/mol. The predicted octanol–water partition coefficient (Wildman–Crippen LogP) is 2.52. The molecule has 1 aromatic heterocycles. The number of rotatable bonds is 2. The zero-order valence-corrected chi connectivity index (χ0v) is 9.30. The Bertz CT molecular complexity index is 388. The van der Waals surface area contributed by atoms with Crippen molar-refractivity contribution in [1.82, 2.24) is 9.78 Å². The van der Waals surface area contributed by atoms with E-state index in [4.69, 9.17) is 0 Å². The largest absolute Gasteiger partial charge is 0.435 e. The fourth-order valence-corrected chi connectivity index (χ4v) is 0.985. The van der Waals surface area contributed by atoms with Gasteiger partial charge >= 0.3 is 6.18 Å². The van der Waals surface area contributed by atoms with Gasteiger partial charge in [0.05, 0.1) is 6.54 Å². The van der Waals surface area contributed by atoms with E-state index >= 15 is 0 Å². The summed E-state index contributed by atoms with van der Waals surface area (Å²) in [6.07, 6.45) is -3.30. The molecule has 1 aromatic rings. The van der Waals surface area contributed by atoms with E-state index in [-0.39, 0.29) is 12.3 Å². The van der Waals surface area contributed by atoms with Gasteiger partial charge in [-0.05, 0) is 6.07 Å². The summed E-state index contributed by atoms with van der Waals surface area (Å²) in [6, 6.07) is 0.857. The summed E-state index contributed by atoms with van der Waals surface area (Å²) in [4.78, 5) is 11.6. The van der Waals surface area contributed by atoms with Gasteiger partial charge in [0.15, 0.2) is 11.5 Å². The molecular formula is C10H13F3N2O. The number of halogens is 3. The molecule has 90 valence electrons. The van der Waals surface area contributed by atoms with Gasteiger partial charge in [0.1, 0.15) is 0 Å². The van der Waals surface area contributed by atoms with Gasteiger partial charge in [0.2, 0.25) is 0 Å². The van der Waals surface area contributed by atoms with Crippen molar-refractivity contribution in [2.75, 3.05) is 0 Å². The number of nitrogens with zero attached hydrogens (tertiary/aromatic N) is 2. The smallest absolute Gasteiger partial charge is 0.297 e. The first-order valence-electron chi connectivity index (χ1n) is 4.74. The molecule has 0 N–H and O–H groups in total. The van der Waals surface area contributed by atoms with Crippen LogP contribution in [0.15, 0.2) is 12.3 Å². The molecule has 16 heavy (non-hydrogen) atoms. The first-order chi connectivity index (χ1) is 7.10. The van der Waals surface area contributed by atoms with Crippen molar-refractivity contribution in [3.8, 4) is 0 Å². The summed E-state index contributed by atoms with van der Waals surface area (Å²) in [7, 11) is 0. The van der Waals surface area contributed by atoms with E-state index in [0.717, 1.165) is 16.9 Å². The van der Waals surface area contributed by atoms with E-state index in [0.29, 0.717) is 0 Å². The van der Waals surface area contributed by atoms with Crippen molar-refractivity contribution in [1.29, 1.82) is 0 Å². The number of hydrogen-bond donors (Lipinski definition) is 0. The summed E-state index contributed by atoms with van der Waals surface area (Å²) in [5.41, 5.74) is -1.56. The SMILES string of the molecule is CC(C)(C)C(=O)Cn1ccc(C(F)(F)F)n1. The molecule has 0 radical (unpaired) electrons. The maximum atomic E-state index is 12.2. The maximum absolute atomic E-state index is 12.2. The van der Waals surface area contributed by atoms with Crippen molar-refractivity contribution in [3.05, 3.63) is 18.0 Å². The van der Waals surface area contributed by atoms with E-state index in [2.05, 4.69) is 5.10 Å². The van der Waals surface area contributed by atoms with E-state index in [1.54, 1.807) is 20.8 Å². The lowest BCUT2D eigenvalue weighted by Gasteiger charge is -2.16. The number of alkyl halides is 3. The van der Waals surface area contributed by atoms with Gasteiger partial charge in [-0.25, -0.2) is 0 Å². The molecule has 1 heterocycles. The van der Waals surface area contributed by atoms with Crippen LogP contribution in [0.1, 0.15) is 26.5 Å². The van der Waals surface area contributed by atoms with Crippen LogP contribution in [-0.4, -0.2) is 15.6 Å². The highest BCUT2D eigenvalue weighted by molar-refractivity contribution is 5.83. The normalized spacial score (nSPS) is 12.9. The van der Waals surface area contributed by atoms with Gasteiger partial charge in [-0.15, -0.1) is 0 Å². The number of ketones is 1. The lowest BCUT2D eigenvalue weighted by molar-refractivity contribution is -0.141. The third kappa shape index (κ3) is 3.08. The number of carbonyl (C=O) groups is 1. The number of aromatic nitrogens is 2. The highest BCUT2D eigenvalue weighted by Crippen LogP contribution is 2.27. The molecular weight excluding hydrogens is 221 g/mol. The number of carbonyl (C=O) groups excluding carboxylic acids is 1. The highest BCUT2D eigenvalue weighted by Gasteiger charge is 2.33. The van der Waals surface area contributed by atoms with E-state index in [1.165, 1.54) is 0 Å². The Morgan fingerprint density at radius 1 is 1.38 bits per heavy atom. The van der Waals surface area contributed by atoms with Gasteiger partial charge < -0.3 is 0 Å². The molecule has 0 aliphatic rings. The third-order valence-corrected chi connectivity index (χ3v) is 2.07. The monoisotopic (exact) mass is 234 g/mol. The standard InChI is InChI=1S/C10H13F3N2O/c1-9(2,3)8(16)6-15-5-4-7(14-15)10(11,12)13/h4-5H,6H2,1-3H3. The Labute approximate surface area is 91.3 Å². The fraction of sp³-hybridized carbons (Fsp3) is 0.600. The molecule has 0 aliphatic carbocycles. The first kappa shape index (κ1) is 12.7. The molecule has 0 aliphatic heterocycles. The molecule has 0 spiro atoms. The average Bonchev–Trinajstić information content (AvgIpc) is 2.49. The zero-order valence-electron chi connectivity index (χ0n) is 9.30. The molecule has 6 heteroatoms. The van der Waals surface area contributed by atoms with Gasteiger partial charge in [0, 0.05) is 11.6 Å². The molecule has 0 saturated heterocycles. The third-order valence-electron chi connectivity index (χ3n) is 2.07. The average molecular weight is 234 g/mol. The zero-order chi connectivity index (χ0) is 12.6. The first-order valence-corrected chi connectivity index (χ1v) is 4.74. The minimum Gasteiger partial charge on any atom is -0.297 e. The van der Waals surface area contributed by atoms with Crippen LogP contribution in [0.3, 0.4) is 0 Å². The van der Waals surface area contributed by atoms with Crippen LogP contribution in [0.4, 0.5) is 13.2 Å². The topological polar surface area (TPSA) is 34.9 Å². The summed E-state index contributed by atoms with van der Waals surface area (Å²) in [5, 5.41) is 3.31. The van der Waals surface area contributed by atoms with Crippen molar-refractivity contribution in [2.45, 2.75) is 33.5 Å². The fourth-order valence-electron chi connectivity index (χ4n) is 0.985. The lowest BCUT2D eigenvalue weighted by atomic mass is 9.91. The maximum Gasteiger partial charge on any atom is 0.435 e. The van der Waals surface area contributed by atoms with Crippen molar-refractivity contribution in [2.24, 2.45) is 5.41 Å². The highest BCUT2D eigenvalue weighted by atomic mass is 19.4. The Hall–Kier alpha value is -1.33. The van der Waals surface area contributed by atoms with Crippen molar-refractivity contribution >= 4 is 5.78 Å². The lowest BCUT2D eigenvalue weighted by Crippen LogP contribution is -2.25. The van der Waals surface area contributed by atoms with Crippen LogP contribution in [0.2, 0.25) is 0 Å². The van der Waals surface area contributed by atoms with E-state index in [9.17, 15) is 18.0 Å². The number of Topliss-reactive ketones (excluding diaryl/α,β-unsaturated/α-hetero) is 1. The van der Waals surface area contributed by atoms with Crippen LogP contribution in [0.25, 0.3) is 0 Å². The van der Waals surface area contributed by atoms with Crippen LogP contribution >= 0.6 is 0 Å². The van der Waals surface area contributed by atoms with Gasteiger partial charge in [-0.2, -0.15) is 18.3 Å². The van der Waals surface area contributed by atoms with Gasteiger partial charge in [-0.3, -0.25) is 9.48 Å². The molecule has 3 nitrogen and oxygen atoms in total. The second kappa shape index (κ2) is 3.92. The van der Waals surface area contributed by atoms with Gasteiger partial charge in [0.25, 0.3) is 0 Å².